The van der Waals surface area contributed by atoms with Crippen LogP contribution in [0.2, 0.25) is 0 Å². The number of fused-ring (bicyclic) bond motifs is 1. The number of hydrogen-bond acceptors (Lipinski definition) is 8. The maximum atomic E-state index is 5.90. The average Bonchev–Trinajstić information content (AvgIpc) is 3.09. The molecule has 0 fully saturated rings. The Bertz CT molecular complexity index is 912. The van der Waals surface area contributed by atoms with Crippen molar-refractivity contribution >= 4 is 28.9 Å². The number of aromatic nitrogens is 3. The lowest BCUT2D eigenvalue weighted by Crippen LogP contribution is -2.30. The number of nitrogens with one attached hydrogen (secondary N) is 1. The zero-order valence-electron chi connectivity index (χ0n) is 14.5. The molecule has 0 unspecified atom stereocenters. The molecular formula is C18H20N6OS. The number of nitrogens with zero attached hydrogens (tertiary/aromatic N) is 4. The highest BCUT2D eigenvalue weighted by molar-refractivity contribution is 7.10. The van der Waals surface area contributed by atoms with Gasteiger partial charge in [0.05, 0.1) is 19.3 Å². The van der Waals surface area contributed by atoms with Gasteiger partial charge in [-0.25, -0.2) is 0 Å². The molecule has 0 atom stereocenters. The van der Waals surface area contributed by atoms with Gasteiger partial charge in [0.2, 0.25) is 11.9 Å². The topological polar surface area (TPSA) is 89.2 Å². The van der Waals surface area contributed by atoms with Gasteiger partial charge in [-0.2, -0.15) is 15.0 Å². The molecule has 4 rings (SSSR count). The van der Waals surface area contributed by atoms with Gasteiger partial charge in [0.15, 0.2) is 0 Å². The number of para-hydroxylation sites is 2. The first-order valence-electron chi connectivity index (χ1n) is 8.39. The van der Waals surface area contributed by atoms with Crippen LogP contribution >= 0.6 is 11.3 Å². The Morgan fingerprint density at radius 3 is 3.00 bits per heavy atom. The molecule has 0 saturated carbocycles. The van der Waals surface area contributed by atoms with E-state index in [2.05, 4.69) is 36.6 Å². The summed E-state index contributed by atoms with van der Waals surface area (Å²) in [6.07, 6.45) is 1.07. The van der Waals surface area contributed by atoms with Crippen molar-refractivity contribution < 1.29 is 4.74 Å². The number of hydrogen-bond donors (Lipinski definition) is 2. The molecule has 0 bridgehead atoms. The molecule has 0 saturated heterocycles. The molecule has 1 aromatic carbocycles. The van der Waals surface area contributed by atoms with Crippen LogP contribution in [0.4, 0.5) is 17.6 Å². The fourth-order valence-corrected chi connectivity index (χ4v) is 3.96. The Hall–Kier alpha value is -2.71. The van der Waals surface area contributed by atoms with Crippen LogP contribution in [-0.4, -0.2) is 33.5 Å². The summed E-state index contributed by atoms with van der Waals surface area (Å²) in [6.45, 7) is 2.55. The minimum absolute atomic E-state index is 0.209. The van der Waals surface area contributed by atoms with Crippen LogP contribution in [0.15, 0.2) is 35.7 Å². The minimum atomic E-state index is 0.209. The summed E-state index contributed by atoms with van der Waals surface area (Å²) in [4.78, 5) is 16.8. The molecule has 2 aromatic heterocycles. The number of benzene rings is 1. The van der Waals surface area contributed by atoms with Gasteiger partial charge in [0.25, 0.3) is 0 Å². The van der Waals surface area contributed by atoms with Gasteiger partial charge in [0.1, 0.15) is 11.6 Å². The second kappa shape index (κ2) is 7.27. The van der Waals surface area contributed by atoms with E-state index in [0.717, 1.165) is 25.2 Å². The van der Waals surface area contributed by atoms with E-state index in [9.17, 15) is 0 Å². The molecule has 1 aliphatic heterocycles. The van der Waals surface area contributed by atoms with Gasteiger partial charge in [-0.1, -0.05) is 12.1 Å². The highest BCUT2D eigenvalue weighted by atomic mass is 32.1. The quantitative estimate of drug-likeness (QED) is 0.716. The molecule has 0 amide bonds. The Kier molecular flexibility index (Phi) is 4.68. The predicted octanol–water partition coefficient (Wildman–Crippen LogP) is 2.83. The minimum Gasteiger partial charge on any atom is -0.495 e. The average molecular weight is 368 g/mol. The molecule has 7 nitrogen and oxygen atoms in total. The highest BCUT2D eigenvalue weighted by Gasteiger charge is 2.19. The predicted molar refractivity (Wildman–Crippen MR) is 103 cm³/mol. The van der Waals surface area contributed by atoms with Crippen molar-refractivity contribution in [3.63, 3.8) is 0 Å². The van der Waals surface area contributed by atoms with Crippen molar-refractivity contribution in [3.8, 4) is 5.75 Å². The van der Waals surface area contributed by atoms with Crippen molar-refractivity contribution in [2.75, 3.05) is 24.7 Å². The molecule has 0 radical (unpaired) electrons. The second-order valence-electron chi connectivity index (χ2n) is 6.09. The summed E-state index contributed by atoms with van der Waals surface area (Å²) >= 11 is 1.83. The van der Waals surface area contributed by atoms with Crippen LogP contribution in [0.5, 0.6) is 5.75 Å². The van der Waals surface area contributed by atoms with Gasteiger partial charge in [-0.15, -0.1) is 11.3 Å². The van der Waals surface area contributed by atoms with Crippen molar-refractivity contribution in [2.24, 2.45) is 0 Å². The third-order valence-corrected chi connectivity index (χ3v) is 5.33. The fourth-order valence-electron chi connectivity index (χ4n) is 3.07. The SMILES string of the molecule is COc1ccccc1Nc1nc(N)nc(CN2CCc3sccc3C2)n1. The summed E-state index contributed by atoms with van der Waals surface area (Å²) in [6, 6.07) is 9.80. The molecular weight excluding hydrogens is 348 g/mol. The van der Waals surface area contributed by atoms with Crippen LogP contribution < -0.4 is 15.8 Å². The number of nitrogens with two attached hydrogens (primary N) is 1. The molecule has 3 heterocycles. The van der Waals surface area contributed by atoms with Gasteiger partial charge in [-0.3, -0.25) is 4.90 Å². The summed E-state index contributed by atoms with van der Waals surface area (Å²) < 4.78 is 5.35. The molecule has 8 heteroatoms. The van der Waals surface area contributed by atoms with E-state index in [1.165, 1.54) is 10.4 Å². The van der Waals surface area contributed by atoms with E-state index in [4.69, 9.17) is 10.5 Å². The third kappa shape index (κ3) is 3.61. The van der Waals surface area contributed by atoms with Crippen molar-refractivity contribution in [2.45, 2.75) is 19.5 Å². The Morgan fingerprint density at radius 2 is 2.12 bits per heavy atom. The van der Waals surface area contributed by atoms with E-state index < -0.39 is 0 Å². The van der Waals surface area contributed by atoms with E-state index >= 15 is 0 Å². The van der Waals surface area contributed by atoms with Crippen LogP contribution in [0.3, 0.4) is 0 Å². The standard InChI is InChI=1S/C18H20N6OS/c1-25-14-5-3-2-4-13(14)20-18-22-16(21-17(19)23-18)11-24-8-6-15-12(10-24)7-9-26-15/h2-5,7,9H,6,8,10-11H2,1H3,(H3,19,20,21,22,23). The molecule has 1 aliphatic rings. The molecule has 0 aliphatic carbocycles. The maximum Gasteiger partial charge on any atom is 0.232 e. The second-order valence-corrected chi connectivity index (χ2v) is 7.09. The van der Waals surface area contributed by atoms with Crippen molar-refractivity contribution in [3.05, 3.63) is 52.0 Å². The van der Waals surface area contributed by atoms with Crippen LogP contribution in [0.25, 0.3) is 0 Å². The fraction of sp³-hybridized carbons (Fsp3) is 0.278. The Labute approximate surface area is 155 Å². The van der Waals surface area contributed by atoms with E-state index in [1.807, 2.05) is 35.6 Å². The number of anilines is 3. The van der Waals surface area contributed by atoms with Gasteiger partial charge in [-0.05, 0) is 35.6 Å². The normalized spacial score (nSPS) is 14.0. The molecule has 26 heavy (non-hydrogen) atoms. The number of ether oxygens (including phenoxy) is 1. The van der Waals surface area contributed by atoms with E-state index in [1.54, 1.807) is 7.11 Å². The first kappa shape index (κ1) is 16.7. The monoisotopic (exact) mass is 368 g/mol. The number of methoxy groups -OCH3 is 1. The van der Waals surface area contributed by atoms with Gasteiger partial charge in [0, 0.05) is 18.0 Å². The van der Waals surface area contributed by atoms with Crippen molar-refractivity contribution in [1.29, 1.82) is 0 Å². The molecule has 3 N–H and O–H groups in total. The van der Waals surface area contributed by atoms with Crippen LogP contribution in [0.1, 0.15) is 16.3 Å². The summed E-state index contributed by atoms with van der Waals surface area (Å²) in [5.74, 6) is 2.01. The van der Waals surface area contributed by atoms with E-state index in [-0.39, 0.29) is 5.95 Å². The molecule has 134 valence electrons. The number of nitrogen functional groups attached to an aromatic ring is 1. The first-order valence-corrected chi connectivity index (χ1v) is 9.27. The molecule has 3 aromatic rings. The third-order valence-electron chi connectivity index (χ3n) is 4.30. The maximum absolute atomic E-state index is 5.90. The smallest absolute Gasteiger partial charge is 0.232 e. The lowest BCUT2D eigenvalue weighted by Gasteiger charge is -2.26. The largest absolute Gasteiger partial charge is 0.495 e. The lowest BCUT2D eigenvalue weighted by molar-refractivity contribution is 0.241. The summed E-state index contributed by atoms with van der Waals surface area (Å²) in [7, 11) is 1.63. The summed E-state index contributed by atoms with van der Waals surface area (Å²) in [5, 5.41) is 5.33. The van der Waals surface area contributed by atoms with Gasteiger partial charge < -0.3 is 15.8 Å². The van der Waals surface area contributed by atoms with E-state index in [0.29, 0.717) is 24.1 Å². The number of rotatable bonds is 5. The van der Waals surface area contributed by atoms with Crippen LogP contribution in [-0.2, 0) is 19.5 Å². The van der Waals surface area contributed by atoms with Crippen LogP contribution in [0, 0.1) is 0 Å². The lowest BCUT2D eigenvalue weighted by atomic mass is 10.1. The molecule has 0 spiro atoms. The first-order chi connectivity index (χ1) is 12.7. The van der Waals surface area contributed by atoms with Gasteiger partial charge >= 0.3 is 0 Å². The Balaban J connectivity index is 1.51. The van der Waals surface area contributed by atoms with Crippen molar-refractivity contribution in [1.82, 2.24) is 19.9 Å². The zero-order chi connectivity index (χ0) is 17.9. The Morgan fingerprint density at radius 1 is 1.23 bits per heavy atom. The highest BCUT2D eigenvalue weighted by Crippen LogP contribution is 2.27. The summed E-state index contributed by atoms with van der Waals surface area (Å²) in [5.41, 5.74) is 8.08. The number of thiophene rings is 1. The zero-order valence-corrected chi connectivity index (χ0v) is 15.3.